The molecule has 3 rings (SSSR count). The number of likely N-dealkylation sites (N-methyl/N-ethyl adjacent to an activating group) is 1. The number of aromatic nitrogens is 1. The summed E-state index contributed by atoms with van der Waals surface area (Å²) in [5.74, 6) is 0.492. The molecule has 0 bridgehead atoms. The molecule has 7 heteroatoms. The molecular weight excluding hydrogens is 302 g/mol. The molecule has 6 nitrogen and oxygen atoms in total. The summed E-state index contributed by atoms with van der Waals surface area (Å²) in [7, 11) is 3.49. The Bertz CT molecular complexity index is 508. The van der Waals surface area contributed by atoms with Gasteiger partial charge in [-0.25, -0.2) is 4.98 Å². The summed E-state index contributed by atoms with van der Waals surface area (Å²) in [6, 6.07) is 0. The first-order valence-electron chi connectivity index (χ1n) is 7.55. The molecule has 122 valence electrons. The molecule has 0 N–H and O–H groups in total. The quantitative estimate of drug-likeness (QED) is 0.770. The van der Waals surface area contributed by atoms with Gasteiger partial charge in [-0.2, -0.15) is 0 Å². The molecule has 2 aliphatic heterocycles. The van der Waals surface area contributed by atoms with E-state index in [-0.39, 0.29) is 17.9 Å². The van der Waals surface area contributed by atoms with E-state index >= 15 is 0 Å². The second-order valence-corrected chi connectivity index (χ2v) is 7.43. The van der Waals surface area contributed by atoms with Gasteiger partial charge in [-0.1, -0.05) is 0 Å². The number of rotatable bonds is 6. The maximum Gasteiger partial charge on any atom is 0.248 e. The Balaban J connectivity index is 1.55. The molecule has 2 fully saturated rings. The van der Waals surface area contributed by atoms with Gasteiger partial charge in [-0.3, -0.25) is 9.69 Å². The van der Waals surface area contributed by atoms with E-state index in [1.165, 1.54) is 0 Å². The minimum atomic E-state index is 0.00417. The molecule has 22 heavy (non-hydrogen) atoms. The van der Waals surface area contributed by atoms with Crippen molar-refractivity contribution >= 4 is 17.2 Å². The summed E-state index contributed by atoms with van der Waals surface area (Å²) in [6.07, 6.45) is 1.85. The number of amides is 1. The van der Waals surface area contributed by atoms with Crippen LogP contribution in [0.5, 0.6) is 0 Å². The average Bonchev–Trinajstić information content (AvgIpc) is 3.15. The lowest BCUT2D eigenvalue weighted by Gasteiger charge is -2.27. The van der Waals surface area contributed by atoms with E-state index in [9.17, 15) is 4.79 Å². The van der Waals surface area contributed by atoms with Crippen LogP contribution in [0.4, 0.5) is 0 Å². The lowest BCUT2D eigenvalue weighted by molar-refractivity contribution is -0.135. The lowest BCUT2D eigenvalue weighted by atomic mass is 9.82. The SMILES string of the molecule is CN(C)C(=O)COC[C@]12COC[C@H]1CN(Cc1nccs1)C2. The number of fused-ring (bicyclic) bond motifs is 1. The third kappa shape index (κ3) is 3.32. The van der Waals surface area contributed by atoms with Crippen LogP contribution < -0.4 is 0 Å². The zero-order valence-corrected chi connectivity index (χ0v) is 14.0. The van der Waals surface area contributed by atoms with Gasteiger partial charge < -0.3 is 14.4 Å². The summed E-state index contributed by atoms with van der Waals surface area (Å²) in [5.41, 5.74) is 0.0316. The van der Waals surface area contributed by atoms with E-state index in [0.29, 0.717) is 12.5 Å². The Hall–Kier alpha value is -1.02. The van der Waals surface area contributed by atoms with E-state index in [4.69, 9.17) is 9.47 Å². The fourth-order valence-electron chi connectivity index (χ4n) is 3.26. The van der Waals surface area contributed by atoms with Gasteiger partial charge in [0.15, 0.2) is 0 Å². The molecule has 1 amide bonds. The van der Waals surface area contributed by atoms with Gasteiger partial charge in [0.05, 0.1) is 26.4 Å². The van der Waals surface area contributed by atoms with Crippen molar-refractivity contribution < 1.29 is 14.3 Å². The molecule has 0 saturated carbocycles. The first kappa shape index (κ1) is 15.9. The van der Waals surface area contributed by atoms with Crippen molar-refractivity contribution in [1.82, 2.24) is 14.8 Å². The second-order valence-electron chi connectivity index (χ2n) is 6.45. The molecule has 2 saturated heterocycles. The first-order valence-corrected chi connectivity index (χ1v) is 8.43. The Morgan fingerprint density at radius 1 is 1.64 bits per heavy atom. The smallest absolute Gasteiger partial charge is 0.248 e. The molecule has 0 radical (unpaired) electrons. The first-order chi connectivity index (χ1) is 10.6. The van der Waals surface area contributed by atoms with Crippen LogP contribution in [0.15, 0.2) is 11.6 Å². The monoisotopic (exact) mass is 325 g/mol. The van der Waals surface area contributed by atoms with E-state index in [0.717, 1.165) is 37.9 Å². The maximum atomic E-state index is 11.6. The van der Waals surface area contributed by atoms with Crippen molar-refractivity contribution in [2.75, 3.05) is 53.6 Å². The highest BCUT2D eigenvalue weighted by molar-refractivity contribution is 7.09. The minimum absolute atomic E-state index is 0.00417. The number of thiazole rings is 1. The number of carbonyl (C=O) groups is 1. The Morgan fingerprint density at radius 2 is 2.50 bits per heavy atom. The van der Waals surface area contributed by atoms with Crippen molar-refractivity contribution in [1.29, 1.82) is 0 Å². The molecule has 2 atom stereocenters. The third-order valence-electron chi connectivity index (χ3n) is 4.55. The second kappa shape index (κ2) is 6.62. The normalized spacial score (nSPS) is 28.0. The summed E-state index contributed by atoms with van der Waals surface area (Å²) in [6.45, 7) is 5.12. The standard InChI is InChI=1S/C15H23N3O3S/c1-17(2)14(19)8-21-11-15-9-18(5-12(15)7-20-10-15)6-13-16-3-4-22-13/h3-4,12H,5-11H2,1-2H3/t12-,15+/m1/s1. The highest BCUT2D eigenvalue weighted by Gasteiger charge is 2.50. The molecular formula is C15H23N3O3S. The summed E-state index contributed by atoms with van der Waals surface area (Å²) >= 11 is 1.70. The van der Waals surface area contributed by atoms with Gasteiger partial charge in [0.25, 0.3) is 0 Å². The number of likely N-dealkylation sites (tertiary alicyclic amines) is 1. The van der Waals surface area contributed by atoms with Crippen LogP contribution in [0.25, 0.3) is 0 Å². The van der Waals surface area contributed by atoms with Gasteiger partial charge in [0, 0.05) is 50.1 Å². The minimum Gasteiger partial charge on any atom is -0.380 e. The van der Waals surface area contributed by atoms with Crippen LogP contribution in [-0.2, 0) is 20.8 Å². The maximum absolute atomic E-state index is 11.6. The molecule has 2 aliphatic rings. The molecule has 0 spiro atoms. The van der Waals surface area contributed by atoms with E-state index in [1.807, 2.05) is 11.6 Å². The predicted octanol–water partition coefficient (Wildman–Crippen LogP) is 0.696. The van der Waals surface area contributed by atoms with Gasteiger partial charge in [0.1, 0.15) is 11.6 Å². The van der Waals surface area contributed by atoms with Gasteiger partial charge in [0.2, 0.25) is 5.91 Å². The number of nitrogens with zero attached hydrogens (tertiary/aromatic N) is 3. The fraction of sp³-hybridized carbons (Fsp3) is 0.733. The van der Waals surface area contributed by atoms with Crippen molar-refractivity contribution in [3.05, 3.63) is 16.6 Å². The molecule has 0 aliphatic carbocycles. The Labute approximate surface area is 135 Å². The zero-order chi connectivity index (χ0) is 15.6. The van der Waals surface area contributed by atoms with Crippen molar-refractivity contribution in [2.24, 2.45) is 11.3 Å². The number of hydrogen-bond acceptors (Lipinski definition) is 6. The number of hydrogen-bond donors (Lipinski definition) is 0. The van der Waals surface area contributed by atoms with Gasteiger partial charge >= 0.3 is 0 Å². The van der Waals surface area contributed by atoms with E-state index < -0.39 is 0 Å². The summed E-state index contributed by atoms with van der Waals surface area (Å²) in [5, 5.41) is 3.17. The van der Waals surface area contributed by atoms with Crippen molar-refractivity contribution in [3.8, 4) is 0 Å². The Morgan fingerprint density at radius 3 is 3.23 bits per heavy atom. The number of ether oxygens (including phenoxy) is 2. The molecule has 3 heterocycles. The van der Waals surface area contributed by atoms with Gasteiger partial charge in [-0.05, 0) is 0 Å². The van der Waals surface area contributed by atoms with Crippen LogP contribution in [0.1, 0.15) is 5.01 Å². The van der Waals surface area contributed by atoms with Crippen LogP contribution in [-0.4, -0.2) is 74.3 Å². The van der Waals surface area contributed by atoms with Crippen molar-refractivity contribution in [3.63, 3.8) is 0 Å². The topological polar surface area (TPSA) is 54.9 Å². The van der Waals surface area contributed by atoms with Crippen molar-refractivity contribution in [2.45, 2.75) is 6.54 Å². The molecule has 1 aromatic rings. The summed E-state index contributed by atoms with van der Waals surface area (Å²) in [4.78, 5) is 20.0. The largest absolute Gasteiger partial charge is 0.380 e. The lowest BCUT2D eigenvalue weighted by Crippen LogP contribution is -2.37. The molecule has 0 unspecified atom stereocenters. The van der Waals surface area contributed by atoms with Crippen LogP contribution in [0, 0.1) is 11.3 Å². The van der Waals surface area contributed by atoms with E-state index in [2.05, 4.69) is 9.88 Å². The highest BCUT2D eigenvalue weighted by atomic mass is 32.1. The summed E-state index contributed by atoms with van der Waals surface area (Å²) < 4.78 is 11.4. The predicted molar refractivity (Wildman–Crippen MR) is 83.6 cm³/mol. The van der Waals surface area contributed by atoms with E-state index in [1.54, 1.807) is 30.3 Å². The fourth-order valence-corrected chi connectivity index (χ4v) is 3.92. The van der Waals surface area contributed by atoms with Crippen LogP contribution in [0.3, 0.4) is 0 Å². The van der Waals surface area contributed by atoms with Crippen LogP contribution >= 0.6 is 11.3 Å². The molecule has 1 aromatic heterocycles. The third-order valence-corrected chi connectivity index (χ3v) is 5.31. The van der Waals surface area contributed by atoms with Crippen LogP contribution in [0.2, 0.25) is 0 Å². The van der Waals surface area contributed by atoms with Gasteiger partial charge in [-0.15, -0.1) is 11.3 Å². The highest BCUT2D eigenvalue weighted by Crippen LogP contribution is 2.42. The average molecular weight is 325 g/mol. The number of carbonyl (C=O) groups excluding carboxylic acids is 1. The molecule has 0 aromatic carbocycles. The zero-order valence-electron chi connectivity index (χ0n) is 13.2. The Kier molecular flexibility index (Phi) is 4.77.